The van der Waals surface area contributed by atoms with Crippen LogP contribution < -0.4 is 10.1 Å². The first-order valence-electron chi connectivity index (χ1n) is 9.77. The van der Waals surface area contributed by atoms with Crippen LogP contribution in [-0.4, -0.2) is 35.9 Å². The number of carbonyl (C=O) groups is 3. The third kappa shape index (κ3) is 5.20. The number of halogens is 1. The molecule has 1 aromatic carbocycles. The van der Waals surface area contributed by atoms with E-state index in [1.807, 2.05) is 11.5 Å². The Morgan fingerprint density at radius 2 is 1.88 bits per heavy atom. The number of ketones is 1. The second kappa shape index (κ2) is 10.0. The second-order valence-corrected chi connectivity index (χ2v) is 8.72. The van der Waals surface area contributed by atoms with E-state index in [4.69, 9.17) is 21.1 Å². The van der Waals surface area contributed by atoms with Crippen LogP contribution in [0.15, 0.2) is 36.4 Å². The molecule has 1 amide bonds. The molecule has 1 N–H and O–H groups in total. The van der Waals surface area contributed by atoms with Gasteiger partial charge in [-0.2, -0.15) is 0 Å². The van der Waals surface area contributed by atoms with Crippen LogP contribution in [0.4, 0.5) is 0 Å². The minimum atomic E-state index is -0.589. The quantitative estimate of drug-likeness (QED) is 0.384. The fourth-order valence-electron chi connectivity index (χ4n) is 3.29. The predicted molar refractivity (Wildman–Crippen MR) is 123 cm³/mol. The van der Waals surface area contributed by atoms with Gasteiger partial charge in [-0.1, -0.05) is 11.6 Å². The van der Waals surface area contributed by atoms with Gasteiger partial charge >= 0.3 is 5.97 Å². The molecule has 3 aromatic rings. The predicted octanol–water partition coefficient (Wildman–Crippen LogP) is 4.49. The van der Waals surface area contributed by atoms with Crippen LogP contribution >= 0.6 is 22.9 Å². The monoisotopic (exact) mass is 474 g/mol. The molecule has 0 radical (unpaired) electrons. The van der Waals surface area contributed by atoms with Gasteiger partial charge in [0.15, 0.2) is 6.61 Å². The van der Waals surface area contributed by atoms with E-state index in [0.717, 1.165) is 10.6 Å². The number of hydrogen-bond donors (Lipinski definition) is 1. The highest BCUT2D eigenvalue weighted by molar-refractivity contribution is 7.14. The van der Waals surface area contributed by atoms with Crippen LogP contribution in [0.3, 0.4) is 0 Å². The molecular formula is C23H23ClN2O5S. The number of esters is 1. The average Bonchev–Trinajstić information content (AvgIpc) is 3.34. The normalized spacial score (nSPS) is 10.7. The Bertz CT molecular complexity index is 1180. The molecule has 2 aromatic heterocycles. The zero-order chi connectivity index (χ0) is 23.4. The molecule has 0 bridgehead atoms. The standard InChI is InChI=1S/C23H23ClN2O5S/c1-13-9-18(14(2)26(13)19-10-16(24)5-7-21(19)30-4)23(29)31-12-20(28)22-8-6-17(32-22)11-25-15(3)27/h5-10H,11-12H2,1-4H3,(H,25,27). The van der Waals surface area contributed by atoms with Crippen molar-refractivity contribution in [3.8, 4) is 11.4 Å². The van der Waals surface area contributed by atoms with Gasteiger partial charge in [-0.3, -0.25) is 9.59 Å². The summed E-state index contributed by atoms with van der Waals surface area (Å²) in [6, 6.07) is 10.4. The third-order valence-corrected chi connectivity index (χ3v) is 6.18. The topological polar surface area (TPSA) is 86.6 Å². The molecule has 0 saturated carbocycles. The molecule has 32 heavy (non-hydrogen) atoms. The van der Waals surface area contributed by atoms with Gasteiger partial charge in [0.1, 0.15) is 5.75 Å². The van der Waals surface area contributed by atoms with Gasteiger partial charge in [-0.15, -0.1) is 11.3 Å². The van der Waals surface area contributed by atoms with E-state index in [1.54, 1.807) is 50.4 Å². The molecule has 0 atom stereocenters. The molecule has 0 spiro atoms. The highest BCUT2D eigenvalue weighted by atomic mass is 35.5. The lowest BCUT2D eigenvalue weighted by molar-refractivity contribution is -0.119. The SMILES string of the molecule is COc1ccc(Cl)cc1-n1c(C)cc(C(=O)OCC(=O)c2ccc(CNC(C)=O)s2)c1C. The van der Waals surface area contributed by atoms with E-state index in [1.165, 1.54) is 18.3 Å². The Morgan fingerprint density at radius 3 is 2.56 bits per heavy atom. The molecule has 0 saturated heterocycles. The molecule has 0 aliphatic heterocycles. The number of nitrogens with one attached hydrogen (secondary N) is 1. The maximum atomic E-state index is 12.7. The molecule has 3 rings (SSSR count). The van der Waals surface area contributed by atoms with E-state index in [9.17, 15) is 14.4 Å². The number of thiophene rings is 1. The van der Waals surface area contributed by atoms with Gasteiger partial charge < -0.3 is 19.4 Å². The number of benzene rings is 1. The number of nitrogens with zero attached hydrogens (tertiary/aromatic N) is 1. The zero-order valence-corrected chi connectivity index (χ0v) is 19.7. The maximum absolute atomic E-state index is 12.7. The number of methoxy groups -OCH3 is 1. The Morgan fingerprint density at radius 1 is 1.12 bits per heavy atom. The fraction of sp³-hybridized carbons (Fsp3) is 0.261. The Kier molecular flexibility index (Phi) is 7.37. The number of aryl methyl sites for hydroxylation is 1. The zero-order valence-electron chi connectivity index (χ0n) is 18.2. The van der Waals surface area contributed by atoms with Crippen molar-refractivity contribution < 1.29 is 23.9 Å². The molecule has 168 valence electrons. The second-order valence-electron chi connectivity index (χ2n) is 7.11. The van der Waals surface area contributed by atoms with Crippen LogP contribution in [0.2, 0.25) is 5.02 Å². The van der Waals surface area contributed by atoms with Crippen molar-refractivity contribution in [2.75, 3.05) is 13.7 Å². The first kappa shape index (κ1) is 23.6. The van der Waals surface area contributed by atoms with Crippen molar-refractivity contribution >= 4 is 40.6 Å². The number of rotatable bonds is 8. The number of hydrogen-bond acceptors (Lipinski definition) is 6. The van der Waals surface area contributed by atoms with Crippen LogP contribution in [0, 0.1) is 13.8 Å². The molecular weight excluding hydrogens is 452 g/mol. The average molecular weight is 475 g/mol. The van der Waals surface area contributed by atoms with E-state index in [2.05, 4.69) is 5.32 Å². The molecule has 0 aliphatic rings. The highest BCUT2D eigenvalue weighted by Gasteiger charge is 2.21. The number of carbonyl (C=O) groups excluding carboxylic acids is 3. The minimum Gasteiger partial charge on any atom is -0.495 e. The summed E-state index contributed by atoms with van der Waals surface area (Å²) in [4.78, 5) is 37.5. The van der Waals surface area contributed by atoms with Crippen LogP contribution in [-0.2, 0) is 16.1 Å². The summed E-state index contributed by atoms with van der Waals surface area (Å²) in [5, 5.41) is 3.22. The van der Waals surface area contributed by atoms with Crippen molar-refractivity contribution in [2.24, 2.45) is 0 Å². The number of Topliss-reactive ketones (excluding diaryl/α,β-unsaturated/α-hetero) is 1. The third-order valence-electron chi connectivity index (χ3n) is 4.82. The van der Waals surface area contributed by atoms with E-state index >= 15 is 0 Å². The lowest BCUT2D eigenvalue weighted by Gasteiger charge is -2.14. The van der Waals surface area contributed by atoms with Gasteiger partial charge in [0.25, 0.3) is 0 Å². The lowest BCUT2D eigenvalue weighted by atomic mass is 10.2. The molecule has 0 unspecified atom stereocenters. The summed E-state index contributed by atoms with van der Waals surface area (Å²) in [5.74, 6) is -0.427. The summed E-state index contributed by atoms with van der Waals surface area (Å²) in [7, 11) is 1.56. The van der Waals surface area contributed by atoms with Crippen molar-refractivity contribution in [3.05, 3.63) is 68.1 Å². The minimum absolute atomic E-state index is 0.145. The summed E-state index contributed by atoms with van der Waals surface area (Å²) < 4.78 is 12.6. The molecule has 7 nitrogen and oxygen atoms in total. The van der Waals surface area contributed by atoms with E-state index in [-0.39, 0.29) is 18.3 Å². The summed E-state index contributed by atoms with van der Waals surface area (Å²) >= 11 is 7.42. The van der Waals surface area contributed by atoms with Crippen molar-refractivity contribution in [3.63, 3.8) is 0 Å². The van der Waals surface area contributed by atoms with Gasteiger partial charge in [0.05, 0.1) is 29.8 Å². The van der Waals surface area contributed by atoms with Crippen molar-refractivity contribution in [1.82, 2.24) is 9.88 Å². The number of ether oxygens (including phenoxy) is 2. The molecule has 2 heterocycles. The largest absolute Gasteiger partial charge is 0.495 e. The Hall–Kier alpha value is -3.10. The van der Waals surface area contributed by atoms with E-state index in [0.29, 0.717) is 39.1 Å². The van der Waals surface area contributed by atoms with Gasteiger partial charge in [-0.05, 0) is 50.2 Å². The molecule has 0 fully saturated rings. The molecule has 0 aliphatic carbocycles. The van der Waals surface area contributed by atoms with Crippen LogP contribution in [0.1, 0.15) is 43.2 Å². The number of aromatic nitrogens is 1. The number of amides is 1. The maximum Gasteiger partial charge on any atom is 0.340 e. The van der Waals surface area contributed by atoms with Crippen molar-refractivity contribution in [2.45, 2.75) is 27.3 Å². The summed E-state index contributed by atoms with van der Waals surface area (Å²) in [6.07, 6.45) is 0. The van der Waals surface area contributed by atoms with Crippen molar-refractivity contribution in [1.29, 1.82) is 0 Å². The Labute approximate surface area is 194 Å². The smallest absolute Gasteiger partial charge is 0.340 e. The summed E-state index contributed by atoms with van der Waals surface area (Å²) in [6.45, 7) is 5.06. The van der Waals surface area contributed by atoms with E-state index < -0.39 is 5.97 Å². The van der Waals surface area contributed by atoms with Crippen LogP contribution in [0.5, 0.6) is 5.75 Å². The first-order valence-corrected chi connectivity index (χ1v) is 11.0. The summed E-state index contributed by atoms with van der Waals surface area (Å²) in [5.41, 5.74) is 2.50. The van der Waals surface area contributed by atoms with Crippen LogP contribution in [0.25, 0.3) is 5.69 Å². The molecule has 9 heteroatoms. The Balaban J connectivity index is 1.73. The first-order chi connectivity index (χ1) is 15.2. The van der Waals surface area contributed by atoms with Gasteiger partial charge in [0, 0.05) is 28.2 Å². The lowest BCUT2D eigenvalue weighted by Crippen LogP contribution is -2.18. The van der Waals surface area contributed by atoms with Gasteiger partial charge in [-0.25, -0.2) is 4.79 Å². The van der Waals surface area contributed by atoms with Gasteiger partial charge in [0.2, 0.25) is 11.7 Å². The fourth-order valence-corrected chi connectivity index (χ4v) is 4.33. The highest BCUT2D eigenvalue weighted by Crippen LogP contribution is 2.31.